The third-order valence-electron chi connectivity index (χ3n) is 5.48. The molecule has 0 saturated carbocycles. The fourth-order valence-corrected chi connectivity index (χ4v) is 5.64. The van der Waals surface area contributed by atoms with Crippen molar-refractivity contribution in [3.05, 3.63) is 48.0 Å². The third-order valence-corrected chi connectivity index (χ3v) is 8.16. The van der Waals surface area contributed by atoms with E-state index in [0.29, 0.717) is 61.9 Å². The quantitative estimate of drug-likeness (QED) is 0.619. The molecular formula is C21H25N3O7S2. The number of sulfonamides is 2. The highest BCUT2D eigenvalue weighted by atomic mass is 32.2. The van der Waals surface area contributed by atoms with Crippen LogP contribution in [0, 0.1) is 0 Å². The average molecular weight is 496 g/mol. The molecule has 178 valence electrons. The van der Waals surface area contributed by atoms with Crippen molar-refractivity contribution in [3.63, 3.8) is 0 Å². The first-order valence-electron chi connectivity index (χ1n) is 10.4. The Kier molecular flexibility index (Phi) is 6.50. The fourth-order valence-electron chi connectivity index (χ4n) is 3.70. The molecule has 0 unspecified atom stereocenters. The summed E-state index contributed by atoms with van der Waals surface area (Å²) in [4.78, 5) is 12.6. The normalized spacial score (nSPS) is 17.4. The van der Waals surface area contributed by atoms with Crippen LogP contribution in [0.2, 0.25) is 0 Å². The van der Waals surface area contributed by atoms with Gasteiger partial charge in [0.25, 0.3) is 15.9 Å². The molecule has 1 fully saturated rings. The number of nitrogens with zero attached hydrogens (tertiary/aromatic N) is 1. The van der Waals surface area contributed by atoms with E-state index in [1.165, 1.54) is 47.0 Å². The van der Waals surface area contributed by atoms with E-state index >= 15 is 0 Å². The van der Waals surface area contributed by atoms with Crippen molar-refractivity contribution in [1.82, 2.24) is 9.62 Å². The van der Waals surface area contributed by atoms with Gasteiger partial charge in [0.1, 0.15) is 13.2 Å². The van der Waals surface area contributed by atoms with Crippen molar-refractivity contribution in [2.24, 2.45) is 0 Å². The van der Waals surface area contributed by atoms with Gasteiger partial charge in [-0.1, -0.05) is 0 Å². The van der Waals surface area contributed by atoms with Crippen molar-refractivity contribution in [2.75, 3.05) is 37.3 Å². The number of hydrogen-bond donors (Lipinski definition) is 2. The minimum Gasteiger partial charge on any atom is -0.486 e. The van der Waals surface area contributed by atoms with Crippen LogP contribution in [0.25, 0.3) is 0 Å². The van der Waals surface area contributed by atoms with Gasteiger partial charge in [-0.15, -0.1) is 0 Å². The summed E-state index contributed by atoms with van der Waals surface area (Å²) >= 11 is 0. The molecular weight excluding hydrogens is 470 g/mol. The Bertz CT molecular complexity index is 1240. The van der Waals surface area contributed by atoms with Crippen molar-refractivity contribution < 1.29 is 31.1 Å². The summed E-state index contributed by atoms with van der Waals surface area (Å²) in [5.41, 5.74) is 0.686. The molecule has 12 heteroatoms. The van der Waals surface area contributed by atoms with Gasteiger partial charge in [0, 0.05) is 36.4 Å². The number of fused-ring (bicyclic) bond motifs is 1. The molecule has 2 heterocycles. The van der Waals surface area contributed by atoms with Crippen molar-refractivity contribution in [2.45, 2.75) is 23.8 Å². The minimum absolute atomic E-state index is 0.0361. The Labute approximate surface area is 193 Å². The molecule has 1 amide bonds. The van der Waals surface area contributed by atoms with Gasteiger partial charge in [-0.2, -0.15) is 0 Å². The predicted octanol–water partition coefficient (Wildman–Crippen LogP) is 1.41. The molecule has 0 radical (unpaired) electrons. The van der Waals surface area contributed by atoms with Crippen LogP contribution in [0.3, 0.4) is 0 Å². The fraction of sp³-hybridized carbons (Fsp3) is 0.381. The Morgan fingerprint density at radius 1 is 0.939 bits per heavy atom. The maximum absolute atomic E-state index is 12.7. The SMILES string of the molecule is CS(=O)(=O)N1CCC(NC(=O)c2ccc(NS(=O)(=O)c3ccc4c(c3)OCCO4)cc2)CC1. The van der Waals surface area contributed by atoms with E-state index in [0.717, 1.165) is 0 Å². The van der Waals surface area contributed by atoms with Gasteiger partial charge < -0.3 is 14.8 Å². The molecule has 2 aliphatic heterocycles. The Hall–Kier alpha value is -2.83. The first-order valence-corrected chi connectivity index (χ1v) is 13.7. The van der Waals surface area contributed by atoms with Gasteiger partial charge in [-0.3, -0.25) is 9.52 Å². The zero-order chi connectivity index (χ0) is 23.6. The molecule has 0 spiro atoms. The monoisotopic (exact) mass is 495 g/mol. The lowest BCUT2D eigenvalue weighted by atomic mass is 10.1. The number of anilines is 1. The number of amides is 1. The molecule has 2 aromatic carbocycles. The maximum atomic E-state index is 12.7. The third kappa shape index (κ3) is 5.57. The zero-order valence-electron chi connectivity index (χ0n) is 18.0. The van der Waals surface area contributed by atoms with Gasteiger partial charge >= 0.3 is 0 Å². The first kappa shape index (κ1) is 23.3. The molecule has 0 atom stereocenters. The molecule has 1 saturated heterocycles. The Morgan fingerprint density at radius 2 is 1.58 bits per heavy atom. The molecule has 4 rings (SSSR count). The van der Waals surface area contributed by atoms with E-state index in [2.05, 4.69) is 10.0 Å². The lowest BCUT2D eigenvalue weighted by Crippen LogP contribution is -2.46. The van der Waals surface area contributed by atoms with E-state index < -0.39 is 20.0 Å². The van der Waals surface area contributed by atoms with E-state index in [9.17, 15) is 21.6 Å². The number of carbonyl (C=O) groups excluding carboxylic acids is 1. The van der Waals surface area contributed by atoms with Gasteiger partial charge in [-0.05, 0) is 49.2 Å². The van der Waals surface area contributed by atoms with E-state index in [4.69, 9.17) is 9.47 Å². The predicted molar refractivity (Wildman–Crippen MR) is 122 cm³/mol. The van der Waals surface area contributed by atoms with Crippen molar-refractivity contribution >= 4 is 31.6 Å². The standard InChI is InChI=1S/C21H25N3O7S2/c1-32(26,27)24-10-8-16(9-11-24)22-21(25)15-2-4-17(5-3-15)23-33(28,29)18-6-7-19-20(14-18)31-13-12-30-19/h2-7,14,16,23H,8-13H2,1H3,(H,22,25). The van der Waals surface area contributed by atoms with E-state index in [1.54, 1.807) is 6.07 Å². The van der Waals surface area contributed by atoms with Crippen LogP contribution < -0.4 is 19.5 Å². The summed E-state index contributed by atoms with van der Waals surface area (Å²) in [7, 11) is -7.08. The smallest absolute Gasteiger partial charge is 0.262 e. The van der Waals surface area contributed by atoms with Crippen LogP contribution in [0.1, 0.15) is 23.2 Å². The average Bonchev–Trinajstić information content (AvgIpc) is 2.78. The molecule has 10 nitrogen and oxygen atoms in total. The lowest BCUT2D eigenvalue weighted by Gasteiger charge is -2.30. The number of nitrogens with one attached hydrogen (secondary N) is 2. The summed E-state index contributed by atoms with van der Waals surface area (Å²) in [6, 6.07) is 10.4. The lowest BCUT2D eigenvalue weighted by molar-refractivity contribution is 0.0924. The highest BCUT2D eigenvalue weighted by Crippen LogP contribution is 2.32. The van der Waals surface area contributed by atoms with Gasteiger partial charge in [0.05, 0.1) is 11.2 Å². The maximum Gasteiger partial charge on any atom is 0.262 e. The molecule has 33 heavy (non-hydrogen) atoms. The topological polar surface area (TPSA) is 131 Å². The Balaban J connectivity index is 1.36. The molecule has 0 bridgehead atoms. The Morgan fingerprint density at radius 3 is 2.21 bits per heavy atom. The second kappa shape index (κ2) is 9.20. The summed E-state index contributed by atoms with van der Waals surface area (Å²) < 4.78 is 63.4. The largest absolute Gasteiger partial charge is 0.486 e. The van der Waals surface area contributed by atoms with E-state index in [1.807, 2.05) is 0 Å². The zero-order valence-corrected chi connectivity index (χ0v) is 19.6. The van der Waals surface area contributed by atoms with Gasteiger partial charge in [0.15, 0.2) is 11.5 Å². The summed E-state index contributed by atoms with van der Waals surface area (Å²) in [5.74, 6) is 0.574. The van der Waals surface area contributed by atoms with Crippen molar-refractivity contribution in [3.8, 4) is 11.5 Å². The summed E-state index contributed by atoms with van der Waals surface area (Å²) in [6.07, 6.45) is 2.24. The molecule has 2 N–H and O–H groups in total. The summed E-state index contributed by atoms with van der Waals surface area (Å²) in [6.45, 7) is 1.50. The molecule has 2 aliphatic rings. The van der Waals surface area contributed by atoms with Crippen LogP contribution >= 0.6 is 0 Å². The molecule has 0 aliphatic carbocycles. The highest BCUT2D eigenvalue weighted by Gasteiger charge is 2.26. The minimum atomic E-state index is -3.86. The van der Waals surface area contributed by atoms with Crippen LogP contribution in [0.4, 0.5) is 5.69 Å². The van der Waals surface area contributed by atoms with Gasteiger partial charge in [0.2, 0.25) is 10.0 Å². The number of hydrogen-bond acceptors (Lipinski definition) is 7. The molecule has 0 aromatic heterocycles. The summed E-state index contributed by atoms with van der Waals surface area (Å²) in [5, 5.41) is 2.90. The second-order valence-electron chi connectivity index (χ2n) is 7.90. The van der Waals surface area contributed by atoms with Crippen molar-refractivity contribution in [1.29, 1.82) is 0 Å². The van der Waals surface area contributed by atoms with Crippen LogP contribution in [-0.4, -0.2) is 65.6 Å². The van der Waals surface area contributed by atoms with Crippen LogP contribution in [0.15, 0.2) is 47.4 Å². The highest BCUT2D eigenvalue weighted by molar-refractivity contribution is 7.92. The number of benzene rings is 2. The van der Waals surface area contributed by atoms with Crippen LogP contribution in [0.5, 0.6) is 11.5 Å². The second-order valence-corrected chi connectivity index (χ2v) is 11.6. The van der Waals surface area contributed by atoms with E-state index in [-0.39, 0.29) is 16.8 Å². The number of ether oxygens (including phenoxy) is 2. The van der Waals surface area contributed by atoms with Gasteiger partial charge in [-0.25, -0.2) is 21.1 Å². The molecule has 2 aromatic rings. The number of rotatable bonds is 6. The van der Waals surface area contributed by atoms with Crippen LogP contribution in [-0.2, 0) is 20.0 Å². The number of piperidine rings is 1. The number of carbonyl (C=O) groups is 1. The first-order chi connectivity index (χ1) is 15.6.